The maximum Gasteiger partial charge on any atom is 0.227 e. The van der Waals surface area contributed by atoms with Gasteiger partial charge >= 0.3 is 0 Å². The van der Waals surface area contributed by atoms with Crippen LogP contribution in [0.4, 0.5) is 23.0 Å². The van der Waals surface area contributed by atoms with Gasteiger partial charge in [0.25, 0.3) is 0 Å². The number of nitrogen functional groups attached to an aromatic ring is 1. The van der Waals surface area contributed by atoms with Crippen molar-refractivity contribution in [3.05, 3.63) is 55.0 Å². The number of methoxy groups -OCH3 is 1. The Labute approximate surface area is 186 Å². The van der Waals surface area contributed by atoms with E-state index in [0.29, 0.717) is 17.4 Å². The highest BCUT2D eigenvalue weighted by atomic mass is 16.5. The second-order valence-corrected chi connectivity index (χ2v) is 7.88. The van der Waals surface area contributed by atoms with Crippen molar-refractivity contribution in [2.45, 2.75) is 0 Å². The zero-order chi connectivity index (χ0) is 22.1. The number of nitrogens with two attached hydrogens (primary N) is 1. The Morgan fingerprint density at radius 1 is 1.09 bits per heavy atom. The van der Waals surface area contributed by atoms with Crippen molar-refractivity contribution in [2.75, 3.05) is 56.3 Å². The van der Waals surface area contributed by atoms with Crippen LogP contribution in [0, 0.1) is 0 Å². The molecule has 1 fully saturated rings. The van der Waals surface area contributed by atoms with Crippen molar-refractivity contribution in [3.63, 3.8) is 0 Å². The second-order valence-electron chi connectivity index (χ2n) is 7.88. The molecular weight excluding hydrogens is 404 g/mol. The van der Waals surface area contributed by atoms with Gasteiger partial charge in [-0.05, 0) is 31.3 Å². The van der Waals surface area contributed by atoms with Gasteiger partial charge in [0.2, 0.25) is 5.95 Å². The Morgan fingerprint density at radius 3 is 2.75 bits per heavy atom. The molecule has 3 aromatic heterocycles. The number of nitrogens with one attached hydrogen (secondary N) is 1. The lowest BCUT2D eigenvalue weighted by Crippen LogP contribution is -2.44. The largest absolute Gasteiger partial charge is 0.494 e. The first-order chi connectivity index (χ1) is 15.6. The summed E-state index contributed by atoms with van der Waals surface area (Å²) in [7, 11) is 3.79. The minimum absolute atomic E-state index is 0.461. The molecule has 0 bridgehead atoms. The van der Waals surface area contributed by atoms with Crippen LogP contribution in [0.25, 0.3) is 16.8 Å². The number of hydrogen-bond acceptors (Lipinski definition) is 8. The van der Waals surface area contributed by atoms with Crippen LogP contribution in [0.2, 0.25) is 0 Å². The topological polar surface area (TPSA) is 96.8 Å². The molecule has 1 aromatic carbocycles. The number of fused-ring (bicyclic) bond motifs is 1. The monoisotopic (exact) mass is 430 g/mol. The van der Waals surface area contributed by atoms with Gasteiger partial charge in [-0.2, -0.15) is 5.10 Å². The van der Waals surface area contributed by atoms with Gasteiger partial charge in [0.15, 0.2) is 0 Å². The molecule has 0 radical (unpaired) electrons. The maximum atomic E-state index is 6.43. The molecule has 9 heteroatoms. The normalized spacial score (nSPS) is 14.6. The van der Waals surface area contributed by atoms with Crippen LogP contribution in [0.5, 0.6) is 5.75 Å². The fraction of sp³-hybridized carbons (Fsp3) is 0.261. The number of nitrogens with zero attached hydrogens (tertiary/aromatic N) is 6. The molecular formula is C23H26N8O. The van der Waals surface area contributed by atoms with Crippen LogP contribution in [0.1, 0.15) is 0 Å². The molecule has 0 unspecified atom stereocenters. The summed E-state index contributed by atoms with van der Waals surface area (Å²) in [6.07, 6.45) is 5.45. The number of pyridine rings is 1. The Hall–Kier alpha value is -3.85. The zero-order valence-electron chi connectivity index (χ0n) is 18.2. The van der Waals surface area contributed by atoms with Crippen LogP contribution in [-0.4, -0.2) is 64.8 Å². The number of ether oxygens (including phenoxy) is 1. The molecule has 4 aromatic rings. The van der Waals surface area contributed by atoms with Gasteiger partial charge in [0.1, 0.15) is 5.75 Å². The van der Waals surface area contributed by atoms with E-state index < -0.39 is 0 Å². The summed E-state index contributed by atoms with van der Waals surface area (Å²) in [5, 5.41) is 7.67. The highest BCUT2D eigenvalue weighted by Gasteiger charge is 2.19. The fourth-order valence-corrected chi connectivity index (χ4v) is 3.99. The van der Waals surface area contributed by atoms with Gasteiger partial charge in [-0.25, -0.2) is 14.5 Å². The van der Waals surface area contributed by atoms with E-state index in [-0.39, 0.29) is 0 Å². The minimum Gasteiger partial charge on any atom is -0.494 e. The van der Waals surface area contributed by atoms with Crippen LogP contribution < -0.4 is 20.7 Å². The number of anilines is 4. The van der Waals surface area contributed by atoms with Crippen molar-refractivity contribution in [3.8, 4) is 17.0 Å². The molecule has 0 spiro atoms. The number of rotatable bonds is 5. The van der Waals surface area contributed by atoms with E-state index in [0.717, 1.165) is 54.3 Å². The molecule has 0 saturated carbocycles. The summed E-state index contributed by atoms with van der Waals surface area (Å²) in [4.78, 5) is 13.7. The quantitative estimate of drug-likeness (QED) is 0.467. The third-order valence-electron chi connectivity index (χ3n) is 5.80. The predicted molar refractivity (Wildman–Crippen MR) is 127 cm³/mol. The summed E-state index contributed by atoms with van der Waals surface area (Å²) in [6, 6.07) is 11.7. The van der Waals surface area contributed by atoms with Crippen molar-refractivity contribution in [1.82, 2.24) is 24.5 Å². The smallest absolute Gasteiger partial charge is 0.227 e. The summed E-state index contributed by atoms with van der Waals surface area (Å²) in [5.74, 6) is 1.15. The SMILES string of the molecule is COc1cc(N2CCN(C)CC2)c(N)cc1Nc1nccc(-c2cnn3ccccc23)n1. The number of aromatic nitrogens is 4. The first-order valence-electron chi connectivity index (χ1n) is 10.6. The molecule has 5 rings (SSSR count). The van der Waals surface area contributed by atoms with E-state index in [1.807, 2.05) is 53.3 Å². The third kappa shape index (κ3) is 3.78. The Morgan fingerprint density at radius 2 is 1.94 bits per heavy atom. The number of benzene rings is 1. The zero-order valence-corrected chi connectivity index (χ0v) is 18.2. The molecule has 1 aliphatic rings. The molecule has 164 valence electrons. The number of piperazine rings is 1. The molecule has 4 heterocycles. The van der Waals surface area contributed by atoms with E-state index in [2.05, 4.69) is 32.2 Å². The first-order valence-corrected chi connectivity index (χ1v) is 10.6. The molecule has 3 N–H and O–H groups in total. The van der Waals surface area contributed by atoms with E-state index >= 15 is 0 Å². The molecule has 9 nitrogen and oxygen atoms in total. The van der Waals surface area contributed by atoms with Gasteiger partial charge < -0.3 is 25.6 Å². The first kappa shape index (κ1) is 20.1. The molecule has 0 aliphatic carbocycles. The van der Waals surface area contributed by atoms with Gasteiger partial charge in [0.05, 0.1) is 41.6 Å². The highest BCUT2D eigenvalue weighted by molar-refractivity contribution is 5.80. The average molecular weight is 431 g/mol. The Balaban J connectivity index is 1.44. The highest BCUT2D eigenvalue weighted by Crippen LogP contribution is 2.37. The minimum atomic E-state index is 0.461. The fourth-order valence-electron chi connectivity index (χ4n) is 3.99. The van der Waals surface area contributed by atoms with E-state index in [1.165, 1.54) is 0 Å². The lowest BCUT2D eigenvalue weighted by molar-refractivity contribution is 0.313. The van der Waals surface area contributed by atoms with Crippen molar-refractivity contribution >= 4 is 28.5 Å². The van der Waals surface area contributed by atoms with Crippen molar-refractivity contribution in [2.24, 2.45) is 0 Å². The number of hydrogen-bond donors (Lipinski definition) is 2. The molecule has 1 saturated heterocycles. The maximum absolute atomic E-state index is 6.43. The molecule has 1 aliphatic heterocycles. The second kappa shape index (κ2) is 8.35. The van der Waals surface area contributed by atoms with E-state index in [9.17, 15) is 0 Å². The number of likely N-dealkylation sites (N-methyl/N-ethyl adjacent to an activating group) is 1. The molecule has 0 atom stereocenters. The van der Waals surface area contributed by atoms with Crippen LogP contribution in [-0.2, 0) is 0 Å². The standard InChI is InChI=1S/C23H26N8O/c1-29-9-11-30(12-10-29)21-14-22(32-2)19(13-17(21)24)28-23-25-7-6-18(27-23)16-15-26-31-8-4-3-5-20(16)31/h3-8,13-15H,9-12,24H2,1-2H3,(H,25,27,28). The van der Waals surface area contributed by atoms with Gasteiger partial charge in [-0.15, -0.1) is 0 Å². The summed E-state index contributed by atoms with van der Waals surface area (Å²) in [6.45, 7) is 3.88. The van der Waals surface area contributed by atoms with Crippen molar-refractivity contribution in [1.29, 1.82) is 0 Å². The predicted octanol–water partition coefficient (Wildman–Crippen LogP) is 2.88. The Bertz CT molecular complexity index is 1250. The Kier molecular flexibility index (Phi) is 5.24. The lowest BCUT2D eigenvalue weighted by Gasteiger charge is -2.35. The third-order valence-corrected chi connectivity index (χ3v) is 5.80. The summed E-state index contributed by atoms with van der Waals surface area (Å²) < 4.78 is 7.49. The van der Waals surface area contributed by atoms with Gasteiger partial charge in [0, 0.05) is 50.2 Å². The summed E-state index contributed by atoms with van der Waals surface area (Å²) in [5.41, 5.74) is 11.5. The van der Waals surface area contributed by atoms with Crippen LogP contribution in [0.15, 0.2) is 55.0 Å². The van der Waals surface area contributed by atoms with E-state index in [4.69, 9.17) is 15.5 Å². The van der Waals surface area contributed by atoms with Gasteiger partial charge in [-0.1, -0.05) is 6.07 Å². The summed E-state index contributed by atoms with van der Waals surface area (Å²) >= 11 is 0. The van der Waals surface area contributed by atoms with E-state index in [1.54, 1.807) is 13.3 Å². The lowest BCUT2D eigenvalue weighted by atomic mass is 10.1. The molecule has 0 amide bonds. The average Bonchev–Trinajstić information content (AvgIpc) is 3.24. The molecule has 32 heavy (non-hydrogen) atoms. The van der Waals surface area contributed by atoms with Crippen LogP contribution >= 0.6 is 0 Å². The van der Waals surface area contributed by atoms with Crippen molar-refractivity contribution < 1.29 is 4.74 Å². The van der Waals surface area contributed by atoms with Crippen LogP contribution in [0.3, 0.4) is 0 Å². The van der Waals surface area contributed by atoms with Gasteiger partial charge in [-0.3, -0.25) is 0 Å².